The SMILES string of the molecule is CC(N)Cc1cc(F)cc(OCCCN2CCCC2)c1. The van der Waals surface area contributed by atoms with E-state index < -0.39 is 0 Å². The van der Waals surface area contributed by atoms with Gasteiger partial charge in [-0.2, -0.15) is 0 Å². The van der Waals surface area contributed by atoms with Crippen LogP contribution in [0, 0.1) is 5.82 Å². The van der Waals surface area contributed by atoms with Crippen molar-refractivity contribution in [2.75, 3.05) is 26.2 Å². The number of nitrogens with zero attached hydrogens (tertiary/aromatic N) is 1. The maximum atomic E-state index is 13.5. The van der Waals surface area contributed by atoms with Crippen LogP contribution >= 0.6 is 0 Å². The first kappa shape index (κ1) is 15.3. The molecule has 1 unspecified atom stereocenters. The Morgan fingerprint density at radius 1 is 1.30 bits per heavy atom. The van der Waals surface area contributed by atoms with E-state index in [4.69, 9.17) is 10.5 Å². The van der Waals surface area contributed by atoms with Gasteiger partial charge in [0.1, 0.15) is 11.6 Å². The molecule has 1 atom stereocenters. The Hall–Kier alpha value is -1.13. The van der Waals surface area contributed by atoms with E-state index in [2.05, 4.69) is 4.90 Å². The fourth-order valence-corrected chi connectivity index (χ4v) is 2.68. The number of rotatable bonds is 7. The van der Waals surface area contributed by atoms with Gasteiger partial charge in [0.05, 0.1) is 6.61 Å². The minimum Gasteiger partial charge on any atom is -0.493 e. The molecule has 1 aromatic carbocycles. The number of ether oxygens (including phenoxy) is 1. The summed E-state index contributed by atoms with van der Waals surface area (Å²) >= 11 is 0. The van der Waals surface area contributed by atoms with Crippen molar-refractivity contribution in [3.63, 3.8) is 0 Å². The van der Waals surface area contributed by atoms with Gasteiger partial charge < -0.3 is 15.4 Å². The van der Waals surface area contributed by atoms with E-state index in [-0.39, 0.29) is 11.9 Å². The van der Waals surface area contributed by atoms with E-state index in [0.29, 0.717) is 18.8 Å². The second kappa shape index (κ2) is 7.60. The first-order chi connectivity index (χ1) is 9.63. The number of benzene rings is 1. The summed E-state index contributed by atoms with van der Waals surface area (Å²) in [5, 5.41) is 0. The summed E-state index contributed by atoms with van der Waals surface area (Å²) in [7, 11) is 0. The van der Waals surface area contributed by atoms with E-state index in [1.165, 1.54) is 38.1 Å². The maximum Gasteiger partial charge on any atom is 0.127 e. The lowest BCUT2D eigenvalue weighted by Gasteiger charge is -2.15. The Morgan fingerprint density at radius 3 is 2.75 bits per heavy atom. The molecule has 1 aromatic rings. The summed E-state index contributed by atoms with van der Waals surface area (Å²) in [6.07, 6.45) is 4.28. The molecule has 0 saturated carbocycles. The fourth-order valence-electron chi connectivity index (χ4n) is 2.68. The molecule has 0 spiro atoms. The van der Waals surface area contributed by atoms with Crippen molar-refractivity contribution in [3.8, 4) is 5.75 Å². The van der Waals surface area contributed by atoms with Crippen molar-refractivity contribution in [1.82, 2.24) is 4.90 Å². The third-order valence-electron chi connectivity index (χ3n) is 3.57. The second-order valence-corrected chi connectivity index (χ2v) is 5.73. The van der Waals surface area contributed by atoms with Crippen LogP contribution in [-0.2, 0) is 6.42 Å². The molecule has 0 amide bonds. The third-order valence-corrected chi connectivity index (χ3v) is 3.57. The van der Waals surface area contributed by atoms with E-state index in [1.54, 1.807) is 0 Å². The third kappa shape index (κ3) is 5.10. The number of halogens is 1. The van der Waals surface area contributed by atoms with Crippen LogP contribution in [0.15, 0.2) is 18.2 Å². The first-order valence-electron chi connectivity index (χ1n) is 7.54. The van der Waals surface area contributed by atoms with Crippen molar-refractivity contribution in [2.45, 2.75) is 38.6 Å². The summed E-state index contributed by atoms with van der Waals surface area (Å²) < 4.78 is 19.2. The molecule has 2 N–H and O–H groups in total. The molecule has 1 aliphatic rings. The van der Waals surface area contributed by atoms with Gasteiger partial charge in [0.25, 0.3) is 0 Å². The smallest absolute Gasteiger partial charge is 0.127 e. The maximum absolute atomic E-state index is 13.5. The molecule has 0 bridgehead atoms. The monoisotopic (exact) mass is 280 g/mol. The van der Waals surface area contributed by atoms with Crippen LogP contribution in [0.2, 0.25) is 0 Å². The molecule has 20 heavy (non-hydrogen) atoms. The predicted molar refractivity (Wildman–Crippen MR) is 79.5 cm³/mol. The van der Waals surface area contributed by atoms with E-state index in [1.807, 2.05) is 13.0 Å². The molecular formula is C16H25FN2O. The highest BCUT2D eigenvalue weighted by Crippen LogP contribution is 2.18. The lowest BCUT2D eigenvalue weighted by atomic mass is 10.1. The zero-order chi connectivity index (χ0) is 14.4. The molecule has 1 saturated heterocycles. The number of likely N-dealkylation sites (tertiary alicyclic amines) is 1. The Morgan fingerprint density at radius 2 is 2.05 bits per heavy atom. The van der Waals surface area contributed by atoms with Crippen LogP contribution in [-0.4, -0.2) is 37.2 Å². The summed E-state index contributed by atoms with van der Waals surface area (Å²) in [5.74, 6) is 0.361. The first-order valence-corrected chi connectivity index (χ1v) is 7.54. The Labute approximate surface area is 120 Å². The average Bonchev–Trinajstić information content (AvgIpc) is 2.86. The molecule has 0 radical (unpaired) electrons. The van der Waals surface area contributed by atoms with Gasteiger partial charge in [-0.25, -0.2) is 4.39 Å². The van der Waals surface area contributed by atoms with Crippen LogP contribution < -0.4 is 10.5 Å². The van der Waals surface area contributed by atoms with Crippen LogP contribution in [0.5, 0.6) is 5.75 Å². The molecular weight excluding hydrogens is 255 g/mol. The van der Waals surface area contributed by atoms with Crippen LogP contribution in [0.3, 0.4) is 0 Å². The van der Waals surface area contributed by atoms with Crippen LogP contribution in [0.1, 0.15) is 31.7 Å². The van der Waals surface area contributed by atoms with Crippen LogP contribution in [0.25, 0.3) is 0 Å². The molecule has 2 rings (SSSR count). The summed E-state index contributed by atoms with van der Waals surface area (Å²) in [5.41, 5.74) is 6.65. The molecule has 3 nitrogen and oxygen atoms in total. The fraction of sp³-hybridized carbons (Fsp3) is 0.625. The highest BCUT2D eigenvalue weighted by molar-refractivity contribution is 5.30. The Kier molecular flexibility index (Phi) is 5.80. The summed E-state index contributed by atoms with van der Waals surface area (Å²) in [6.45, 7) is 6.04. The predicted octanol–water partition coefficient (Wildman–Crippen LogP) is 2.58. The molecule has 0 aliphatic carbocycles. The number of nitrogens with two attached hydrogens (primary N) is 1. The van der Waals surface area contributed by atoms with E-state index in [0.717, 1.165) is 18.5 Å². The normalized spacial score (nSPS) is 17.4. The largest absolute Gasteiger partial charge is 0.493 e. The van der Waals surface area contributed by atoms with Gasteiger partial charge in [0, 0.05) is 18.7 Å². The minimum absolute atomic E-state index is 0.0276. The zero-order valence-corrected chi connectivity index (χ0v) is 12.3. The minimum atomic E-state index is -0.252. The summed E-state index contributed by atoms with van der Waals surface area (Å²) in [6, 6.07) is 4.89. The highest BCUT2D eigenvalue weighted by Gasteiger charge is 2.10. The zero-order valence-electron chi connectivity index (χ0n) is 12.3. The molecule has 4 heteroatoms. The highest BCUT2D eigenvalue weighted by atomic mass is 19.1. The van der Waals surface area contributed by atoms with Crippen molar-refractivity contribution < 1.29 is 9.13 Å². The van der Waals surface area contributed by atoms with Gasteiger partial charge in [0.15, 0.2) is 0 Å². The number of hydrogen-bond acceptors (Lipinski definition) is 3. The van der Waals surface area contributed by atoms with Gasteiger partial charge >= 0.3 is 0 Å². The average molecular weight is 280 g/mol. The van der Waals surface area contributed by atoms with Gasteiger partial charge in [0.2, 0.25) is 0 Å². The molecule has 112 valence electrons. The standard InChI is InChI=1S/C16H25FN2O/c1-13(18)9-14-10-15(17)12-16(11-14)20-8-4-7-19-5-2-3-6-19/h10-13H,2-9,18H2,1H3. The van der Waals surface area contributed by atoms with E-state index in [9.17, 15) is 4.39 Å². The van der Waals surface area contributed by atoms with Crippen molar-refractivity contribution in [2.24, 2.45) is 5.73 Å². The van der Waals surface area contributed by atoms with Crippen molar-refractivity contribution in [3.05, 3.63) is 29.6 Å². The van der Waals surface area contributed by atoms with Crippen molar-refractivity contribution >= 4 is 0 Å². The van der Waals surface area contributed by atoms with Gasteiger partial charge in [-0.1, -0.05) is 0 Å². The van der Waals surface area contributed by atoms with Gasteiger partial charge in [-0.05, 0) is 63.4 Å². The lowest BCUT2D eigenvalue weighted by molar-refractivity contribution is 0.262. The molecule has 1 aliphatic heterocycles. The molecule has 1 fully saturated rings. The van der Waals surface area contributed by atoms with Crippen molar-refractivity contribution in [1.29, 1.82) is 0 Å². The lowest BCUT2D eigenvalue weighted by Crippen LogP contribution is -2.22. The quantitative estimate of drug-likeness (QED) is 0.780. The Balaban J connectivity index is 1.77. The molecule has 1 heterocycles. The van der Waals surface area contributed by atoms with Gasteiger partial charge in [-0.3, -0.25) is 0 Å². The topological polar surface area (TPSA) is 38.5 Å². The number of hydrogen-bond donors (Lipinski definition) is 1. The van der Waals surface area contributed by atoms with Gasteiger partial charge in [-0.15, -0.1) is 0 Å². The summed E-state index contributed by atoms with van der Waals surface area (Å²) in [4.78, 5) is 2.45. The van der Waals surface area contributed by atoms with E-state index >= 15 is 0 Å². The molecule has 0 aromatic heterocycles. The second-order valence-electron chi connectivity index (χ2n) is 5.73. The van der Waals surface area contributed by atoms with Crippen LogP contribution in [0.4, 0.5) is 4.39 Å². The Bertz CT molecular complexity index is 417.